The lowest BCUT2D eigenvalue weighted by Crippen LogP contribution is -2.55. The van der Waals surface area contributed by atoms with Gasteiger partial charge in [0, 0.05) is 31.4 Å². The molecule has 1 aliphatic carbocycles. The molecule has 1 unspecified atom stereocenters. The highest BCUT2D eigenvalue weighted by atomic mass is 19.3. The van der Waals surface area contributed by atoms with Gasteiger partial charge in [0.2, 0.25) is 5.92 Å². The summed E-state index contributed by atoms with van der Waals surface area (Å²) >= 11 is 0. The first-order valence-electron chi connectivity index (χ1n) is 12.7. The molecule has 4 nitrogen and oxygen atoms in total. The van der Waals surface area contributed by atoms with Gasteiger partial charge in [0.25, 0.3) is 0 Å². The molecule has 3 aromatic rings. The monoisotopic (exact) mass is 586 g/mol. The van der Waals surface area contributed by atoms with E-state index in [1.54, 1.807) is 30.3 Å². The maximum Gasteiger partial charge on any atom is 0.461 e. The van der Waals surface area contributed by atoms with Crippen LogP contribution in [0, 0.1) is 11.6 Å². The molecule has 4 rings (SSSR count). The number of benzene rings is 3. The molecule has 2 N–H and O–H groups in total. The van der Waals surface area contributed by atoms with E-state index in [0.717, 1.165) is 24.3 Å². The number of urea groups is 1. The van der Waals surface area contributed by atoms with E-state index in [0.29, 0.717) is 11.6 Å². The molecule has 12 heteroatoms. The standard InChI is InChI=1S/C29H26F8N2O2/c30-21-10-8-19(9-11-21)28(16-18-5-2-1-3-6-18,39-26(40)38-23-7-4-12-27(34,35)17-23)20-13-22(31)15-24(14-20)41-29(36,37)25(32)33/h1-3,5-6,8-11,13-15,23,25H,4,7,12,16-17H2,(H2,38,39,40)/t23?,28-/m1/s1. The van der Waals surface area contributed by atoms with Crippen LogP contribution in [0.15, 0.2) is 72.8 Å². The van der Waals surface area contributed by atoms with Crippen molar-refractivity contribution in [3.63, 3.8) is 0 Å². The number of carbonyl (C=O) groups is 1. The van der Waals surface area contributed by atoms with Crippen molar-refractivity contribution in [3.05, 3.63) is 101 Å². The molecular formula is C29H26F8N2O2. The summed E-state index contributed by atoms with van der Waals surface area (Å²) in [6.45, 7) is 0. The molecule has 0 saturated heterocycles. The fourth-order valence-corrected chi connectivity index (χ4v) is 4.98. The number of carbonyl (C=O) groups excluding carboxylic acids is 1. The highest BCUT2D eigenvalue weighted by Crippen LogP contribution is 2.38. The summed E-state index contributed by atoms with van der Waals surface area (Å²) in [5.74, 6) is -5.76. The summed E-state index contributed by atoms with van der Waals surface area (Å²) in [4.78, 5) is 13.3. The van der Waals surface area contributed by atoms with Crippen LogP contribution >= 0.6 is 0 Å². The minimum atomic E-state index is -4.96. The normalized spacial score (nSPS) is 18.4. The smallest absolute Gasteiger partial charge is 0.428 e. The molecule has 0 heterocycles. The zero-order chi connectivity index (χ0) is 29.8. The molecule has 220 valence electrons. The van der Waals surface area contributed by atoms with Crippen molar-refractivity contribution in [1.29, 1.82) is 0 Å². The Morgan fingerprint density at radius 1 is 0.951 bits per heavy atom. The lowest BCUT2D eigenvalue weighted by atomic mass is 9.77. The number of halogens is 8. The minimum absolute atomic E-state index is 0.157. The number of alkyl halides is 6. The maximum atomic E-state index is 14.9. The average molecular weight is 587 g/mol. The van der Waals surface area contributed by atoms with Crippen molar-refractivity contribution in [2.24, 2.45) is 0 Å². The maximum absolute atomic E-state index is 14.9. The van der Waals surface area contributed by atoms with Crippen molar-refractivity contribution in [2.45, 2.75) is 62.1 Å². The largest absolute Gasteiger partial charge is 0.461 e. The third-order valence-corrected chi connectivity index (χ3v) is 6.82. The van der Waals surface area contributed by atoms with E-state index in [-0.39, 0.29) is 36.8 Å². The van der Waals surface area contributed by atoms with Crippen molar-refractivity contribution in [3.8, 4) is 5.75 Å². The summed E-state index contributed by atoms with van der Waals surface area (Å²) in [6, 6.07) is 13.4. The first-order chi connectivity index (χ1) is 19.3. The molecule has 0 bridgehead atoms. The first kappa shape index (κ1) is 30.1. The molecule has 0 radical (unpaired) electrons. The lowest BCUT2D eigenvalue weighted by Gasteiger charge is -2.38. The third-order valence-electron chi connectivity index (χ3n) is 6.82. The highest BCUT2D eigenvalue weighted by Gasteiger charge is 2.45. The van der Waals surface area contributed by atoms with Gasteiger partial charge in [0.05, 0.1) is 5.54 Å². The molecule has 1 aliphatic rings. The second-order valence-corrected chi connectivity index (χ2v) is 9.96. The molecule has 2 atom stereocenters. The summed E-state index contributed by atoms with van der Waals surface area (Å²) in [7, 11) is 0. The fourth-order valence-electron chi connectivity index (χ4n) is 4.98. The zero-order valence-corrected chi connectivity index (χ0v) is 21.5. The lowest BCUT2D eigenvalue weighted by molar-refractivity contribution is -0.253. The summed E-state index contributed by atoms with van der Waals surface area (Å²) < 4.78 is 114. The Labute approximate surface area is 230 Å². The van der Waals surface area contributed by atoms with Gasteiger partial charge >= 0.3 is 18.6 Å². The zero-order valence-electron chi connectivity index (χ0n) is 21.5. The van der Waals surface area contributed by atoms with E-state index in [1.165, 1.54) is 12.1 Å². The van der Waals surface area contributed by atoms with Crippen LogP contribution in [0.4, 0.5) is 39.9 Å². The number of nitrogens with one attached hydrogen (secondary N) is 2. The number of ether oxygens (including phenoxy) is 1. The Hall–Kier alpha value is -3.83. The van der Waals surface area contributed by atoms with Gasteiger partial charge in [-0.05, 0) is 53.8 Å². The Morgan fingerprint density at radius 3 is 2.27 bits per heavy atom. The van der Waals surface area contributed by atoms with Crippen LogP contribution in [0.3, 0.4) is 0 Å². The fraction of sp³-hybridized carbons (Fsp3) is 0.345. The number of amides is 2. The van der Waals surface area contributed by atoms with Crippen LogP contribution in [0.1, 0.15) is 42.4 Å². The second kappa shape index (κ2) is 12.0. The van der Waals surface area contributed by atoms with Crippen LogP contribution < -0.4 is 15.4 Å². The molecule has 0 spiro atoms. The average Bonchev–Trinajstić information content (AvgIpc) is 2.88. The molecular weight excluding hydrogens is 560 g/mol. The predicted octanol–water partition coefficient (Wildman–Crippen LogP) is 7.56. The molecule has 3 aromatic carbocycles. The van der Waals surface area contributed by atoms with E-state index in [2.05, 4.69) is 15.4 Å². The van der Waals surface area contributed by atoms with E-state index in [1.807, 2.05) is 0 Å². The summed E-state index contributed by atoms with van der Waals surface area (Å²) in [5.41, 5.74) is -1.34. The van der Waals surface area contributed by atoms with Gasteiger partial charge in [-0.2, -0.15) is 17.6 Å². The van der Waals surface area contributed by atoms with Gasteiger partial charge in [-0.1, -0.05) is 42.5 Å². The van der Waals surface area contributed by atoms with Gasteiger partial charge in [0.15, 0.2) is 0 Å². The molecule has 1 saturated carbocycles. The number of hydrogen-bond acceptors (Lipinski definition) is 2. The van der Waals surface area contributed by atoms with Crippen LogP contribution in [0.25, 0.3) is 0 Å². The van der Waals surface area contributed by atoms with Crippen molar-refractivity contribution >= 4 is 6.03 Å². The quantitative estimate of drug-likeness (QED) is 0.254. The van der Waals surface area contributed by atoms with Gasteiger partial charge in [-0.25, -0.2) is 22.4 Å². The molecule has 0 aromatic heterocycles. The minimum Gasteiger partial charge on any atom is -0.428 e. The van der Waals surface area contributed by atoms with Gasteiger partial charge in [-0.3, -0.25) is 0 Å². The van der Waals surface area contributed by atoms with Crippen LogP contribution in [-0.4, -0.2) is 30.5 Å². The van der Waals surface area contributed by atoms with Gasteiger partial charge in [0.1, 0.15) is 17.4 Å². The van der Waals surface area contributed by atoms with Crippen LogP contribution in [0.2, 0.25) is 0 Å². The number of rotatable bonds is 9. The number of hydrogen-bond donors (Lipinski definition) is 2. The van der Waals surface area contributed by atoms with Gasteiger partial charge < -0.3 is 15.4 Å². The van der Waals surface area contributed by atoms with E-state index in [9.17, 15) is 39.9 Å². The van der Waals surface area contributed by atoms with Crippen LogP contribution in [0.5, 0.6) is 5.75 Å². The summed E-state index contributed by atoms with van der Waals surface area (Å²) in [5, 5.41) is 5.17. The summed E-state index contributed by atoms with van der Waals surface area (Å²) in [6.07, 6.45) is -9.85. The molecule has 41 heavy (non-hydrogen) atoms. The van der Waals surface area contributed by atoms with Crippen molar-refractivity contribution in [1.82, 2.24) is 10.6 Å². The van der Waals surface area contributed by atoms with E-state index >= 15 is 0 Å². The topological polar surface area (TPSA) is 50.4 Å². The predicted molar refractivity (Wildman–Crippen MR) is 134 cm³/mol. The molecule has 0 aliphatic heterocycles. The molecule has 1 fully saturated rings. The second-order valence-electron chi connectivity index (χ2n) is 9.96. The van der Waals surface area contributed by atoms with E-state index < -0.39 is 59.9 Å². The Kier molecular flexibility index (Phi) is 8.79. The van der Waals surface area contributed by atoms with Crippen molar-refractivity contribution < 1.29 is 44.7 Å². The van der Waals surface area contributed by atoms with E-state index in [4.69, 9.17) is 0 Å². The Balaban J connectivity index is 1.83. The van der Waals surface area contributed by atoms with Gasteiger partial charge in [-0.15, -0.1) is 0 Å². The Bertz CT molecular complexity index is 1340. The first-order valence-corrected chi connectivity index (χ1v) is 12.7. The van der Waals surface area contributed by atoms with Crippen molar-refractivity contribution in [2.75, 3.05) is 0 Å². The Morgan fingerprint density at radius 2 is 1.63 bits per heavy atom. The highest BCUT2D eigenvalue weighted by molar-refractivity contribution is 5.76. The van der Waals surface area contributed by atoms with Crippen LogP contribution in [-0.2, 0) is 12.0 Å². The third kappa shape index (κ3) is 7.47. The molecule has 2 amide bonds. The SMILES string of the molecule is O=C(NC1CCCC(F)(F)C1)N[C@](Cc1ccccc1)(c1ccc(F)cc1)c1cc(F)cc(OC(F)(F)C(F)F)c1.